The molecule has 2 N–H and O–H groups in total. The minimum absolute atomic E-state index is 0.00364. The summed E-state index contributed by atoms with van der Waals surface area (Å²) in [5.74, 6) is -0.153. The fourth-order valence-corrected chi connectivity index (χ4v) is 0.931. The predicted octanol–water partition coefficient (Wildman–Crippen LogP) is -0.327. The molecule has 0 atom stereocenters. The van der Waals surface area contributed by atoms with Gasteiger partial charge in [0.05, 0.1) is 6.61 Å². The Morgan fingerprint density at radius 2 is 2.40 bits per heavy atom. The van der Waals surface area contributed by atoms with E-state index < -0.39 is 5.91 Å². The van der Waals surface area contributed by atoms with Crippen LogP contribution in [-0.2, 0) is 4.79 Å². The standard InChI is InChI=1S/C9H14ClN3O2/c1-13(4-5-14)7-8(6-11)9(15)12-3-2-10/h7,14H,2-5H2,1H3,(H,12,15)/b8-7-. The van der Waals surface area contributed by atoms with Crippen molar-refractivity contribution in [3.63, 3.8) is 0 Å². The molecule has 0 bridgehead atoms. The van der Waals surface area contributed by atoms with Crippen molar-refractivity contribution < 1.29 is 9.90 Å². The van der Waals surface area contributed by atoms with Crippen LogP contribution in [0.4, 0.5) is 0 Å². The molecule has 0 rings (SSSR count). The van der Waals surface area contributed by atoms with Gasteiger partial charge in [0.25, 0.3) is 5.91 Å². The first-order valence-electron chi connectivity index (χ1n) is 4.43. The van der Waals surface area contributed by atoms with Gasteiger partial charge in [-0.25, -0.2) is 0 Å². The lowest BCUT2D eigenvalue weighted by Gasteiger charge is -2.12. The topological polar surface area (TPSA) is 76.4 Å². The third-order valence-electron chi connectivity index (χ3n) is 1.55. The summed E-state index contributed by atoms with van der Waals surface area (Å²) in [7, 11) is 1.67. The van der Waals surface area contributed by atoms with E-state index in [2.05, 4.69) is 5.32 Å². The van der Waals surface area contributed by atoms with Crippen molar-refractivity contribution in [3.05, 3.63) is 11.8 Å². The molecule has 0 aliphatic carbocycles. The zero-order chi connectivity index (χ0) is 11.7. The minimum atomic E-state index is -0.456. The van der Waals surface area contributed by atoms with Crippen molar-refractivity contribution in [2.24, 2.45) is 0 Å². The summed E-state index contributed by atoms with van der Waals surface area (Å²) in [6.07, 6.45) is 1.39. The number of nitriles is 1. The van der Waals surface area contributed by atoms with E-state index in [1.54, 1.807) is 18.0 Å². The molecule has 0 spiro atoms. The lowest BCUT2D eigenvalue weighted by atomic mass is 10.3. The largest absolute Gasteiger partial charge is 0.395 e. The van der Waals surface area contributed by atoms with Gasteiger partial charge in [0.2, 0.25) is 0 Å². The summed E-state index contributed by atoms with van der Waals surface area (Å²) in [5, 5.41) is 19.8. The van der Waals surface area contributed by atoms with E-state index in [9.17, 15) is 4.79 Å². The van der Waals surface area contributed by atoms with Gasteiger partial charge < -0.3 is 15.3 Å². The Hall–Kier alpha value is -1.25. The third-order valence-corrected chi connectivity index (χ3v) is 1.74. The second-order valence-corrected chi connectivity index (χ2v) is 3.18. The molecule has 6 heteroatoms. The number of carbonyl (C=O) groups excluding carboxylic acids is 1. The quantitative estimate of drug-likeness (QED) is 0.373. The Morgan fingerprint density at radius 1 is 1.73 bits per heavy atom. The summed E-state index contributed by atoms with van der Waals surface area (Å²) in [4.78, 5) is 12.9. The van der Waals surface area contributed by atoms with Crippen LogP contribution < -0.4 is 5.32 Å². The molecule has 0 aromatic rings. The molecule has 0 aromatic heterocycles. The van der Waals surface area contributed by atoms with Gasteiger partial charge in [-0.3, -0.25) is 4.79 Å². The Bertz CT molecular complexity index is 273. The molecule has 0 radical (unpaired) electrons. The molecule has 84 valence electrons. The first-order chi connectivity index (χ1) is 7.15. The minimum Gasteiger partial charge on any atom is -0.395 e. The van der Waals surface area contributed by atoms with Gasteiger partial charge in [-0.1, -0.05) is 0 Å². The van der Waals surface area contributed by atoms with Gasteiger partial charge in [0, 0.05) is 32.2 Å². The summed E-state index contributed by atoms with van der Waals surface area (Å²) in [6.45, 7) is 0.659. The number of likely N-dealkylation sites (N-methyl/N-ethyl adjacent to an activating group) is 1. The van der Waals surface area contributed by atoms with Crippen molar-refractivity contribution in [1.82, 2.24) is 10.2 Å². The number of nitrogens with one attached hydrogen (secondary N) is 1. The Labute approximate surface area is 93.9 Å². The smallest absolute Gasteiger partial charge is 0.263 e. The maximum absolute atomic E-state index is 11.3. The molecule has 0 saturated carbocycles. The molecular weight excluding hydrogens is 218 g/mol. The highest BCUT2D eigenvalue weighted by molar-refractivity contribution is 6.18. The number of hydrogen-bond donors (Lipinski definition) is 2. The number of amides is 1. The summed E-state index contributed by atoms with van der Waals surface area (Å²) in [6, 6.07) is 1.78. The molecule has 0 unspecified atom stereocenters. The van der Waals surface area contributed by atoms with Crippen LogP contribution in [0.15, 0.2) is 11.8 Å². The SMILES string of the molecule is CN(/C=C(/C#N)C(=O)NCCCl)CCO. The fourth-order valence-electron chi connectivity index (χ4n) is 0.837. The Kier molecular flexibility index (Phi) is 7.42. The van der Waals surface area contributed by atoms with E-state index in [1.165, 1.54) is 6.20 Å². The van der Waals surface area contributed by atoms with Gasteiger partial charge in [0.1, 0.15) is 11.6 Å². The van der Waals surface area contributed by atoms with E-state index in [1.807, 2.05) is 0 Å². The maximum Gasteiger partial charge on any atom is 0.263 e. The maximum atomic E-state index is 11.3. The number of aliphatic hydroxyl groups is 1. The number of hydrogen-bond acceptors (Lipinski definition) is 4. The second kappa shape index (κ2) is 8.09. The highest BCUT2D eigenvalue weighted by Gasteiger charge is 2.08. The Balaban J connectivity index is 4.34. The van der Waals surface area contributed by atoms with Crippen LogP contribution in [-0.4, -0.2) is 48.5 Å². The van der Waals surface area contributed by atoms with Crippen molar-refractivity contribution in [3.8, 4) is 6.07 Å². The van der Waals surface area contributed by atoms with Crippen LogP contribution in [0, 0.1) is 11.3 Å². The van der Waals surface area contributed by atoms with E-state index >= 15 is 0 Å². The number of rotatable bonds is 6. The van der Waals surface area contributed by atoms with Crippen LogP contribution in [0.3, 0.4) is 0 Å². The van der Waals surface area contributed by atoms with E-state index in [4.69, 9.17) is 22.0 Å². The molecule has 0 aliphatic heterocycles. The fraction of sp³-hybridized carbons (Fsp3) is 0.556. The van der Waals surface area contributed by atoms with Crippen LogP contribution >= 0.6 is 11.6 Å². The molecule has 5 nitrogen and oxygen atoms in total. The number of nitrogens with zero attached hydrogens (tertiary/aromatic N) is 2. The molecule has 0 fully saturated rings. The normalized spacial score (nSPS) is 10.7. The van der Waals surface area contributed by atoms with Crippen LogP contribution in [0.1, 0.15) is 0 Å². The zero-order valence-corrected chi connectivity index (χ0v) is 9.29. The van der Waals surface area contributed by atoms with Crippen molar-refractivity contribution in [2.75, 3.05) is 32.6 Å². The van der Waals surface area contributed by atoms with Gasteiger partial charge in [-0.05, 0) is 0 Å². The first kappa shape index (κ1) is 13.8. The highest BCUT2D eigenvalue weighted by Crippen LogP contribution is 1.95. The number of carbonyl (C=O) groups is 1. The molecular formula is C9H14ClN3O2. The van der Waals surface area contributed by atoms with Crippen LogP contribution in [0.25, 0.3) is 0 Å². The van der Waals surface area contributed by atoms with Gasteiger partial charge in [-0.2, -0.15) is 5.26 Å². The summed E-state index contributed by atoms with van der Waals surface area (Å²) < 4.78 is 0. The zero-order valence-electron chi connectivity index (χ0n) is 8.53. The summed E-state index contributed by atoms with van der Waals surface area (Å²) >= 11 is 5.39. The van der Waals surface area contributed by atoms with E-state index in [-0.39, 0.29) is 12.2 Å². The molecule has 15 heavy (non-hydrogen) atoms. The first-order valence-corrected chi connectivity index (χ1v) is 4.96. The lowest BCUT2D eigenvalue weighted by molar-refractivity contribution is -0.117. The van der Waals surface area contributed by atoms with Crippen molar-refractivity contribution in [1.29, 1.82) is 5.26 Å². The van der Waals surface area contributed by atoms with Gasteiger partial charge in [0.15, 0.2) is 0 Å². The van der Waals surface area contributed by atoms with Crippen molar-refractivity contribution in [2.45, 2.75) is 0 Å². The number of aliphatic hydroxyl groups excluding tert-OH is 1. The average Bonchev–Trinajstić information content (AvgIpc) is 2.22. The number of alkyl halides is 1. The molecule has 1 amide bonds. The molecule has 0 saturated heterocycles. The number of halogens is 1. The van der Waals surface area contributed by atoms with Gasteiger partial charge in [-0.15, -0.1) is 11.6 Å². The van der Waals surface area contributed by atoms with E-state index in [0.717, 1.165) is 0 Å². The summed E-state index contributed by atoms with van der Waals surface area (Å²) in [5.41, 5.74) is -0.00364. The lowest BCUT2D eigenvalue weighted by Crippen LogP contribution is -2.28. The predicted molar refractivity (Wildman–Crippen MR) is 57.1 cm³/mol. The monoisotopic (exact) mass is 231 g/mol. The molecule has 0 heterocycles. The average molecular weight is 232 g/mol. The van der Waals surface area contributed by atoms with Crippen molar-refractivity contribution >= 4 is 17.5 Å². The molecule has 0 aliphatic rings. The Morgan fingerprint density at radius 3 is 2.87 bits per heavy atom. The van der Waals surface area contributed by atoms with Crippen LogP contribution in [0.5, 0.6) is 0 Å². The third kappa shape index (κ3) is 5.94. The van der Waals surface area contributed by atoms with Gasteiger partial charge >= 0.3 is 0 Å². The van der Waals surface area contributed by atoms with E-state index in [0.29, 0.717) is 19.0 Å². The second-order valence-electron chi connectivity index (χ2n) is 2.80. The highest BCUT2D eigenvalue weighted by atomic mass is 35.5. The van der Waals surface area contributed by atoms with Crippen LogP contribution in [0.2, 0.25) is 0 Å². The molecule has 0 aromatic carbocycles.